The molecule has 2 N–H and O–H groups in total. The number of benzene rings is 4. The molecule has 6 aromatic rings. The van der Waals surface area contributed by atoms with E-state index in [4.69, 9.17) is 5.11 Å². The Morgan fingerprint density at radius 2 is 1.51 bits per heavy atom. The van der Waals surface area contributed by atoms with Crippen molar-refractivity contribution in [2.45, 2.75) is 6.54 Å². The molecule has 41 heavy (non-hydrogen) atoms. The molecule has 0 saturated carbocycles. The number of imidazole rings is 1. The normalized spacial score (nSPS) is 11.0. The van der Waals surface area contributed by atoms with E-state index in [1.54, 1.807) is 48.5 Å². The van der Waals surface area contributed by atoms with E-state index in [1.165, 1.54) is 34.9 Å². The molecule has 0 atom stereocenters. The summed E-state index contributed by atoms with van der Waals surface area (Å²) in [5, 5.41) is 13.9. The van der Waals surface area contributed by atoms with Crippen LogP contribution in [0.3, 0.4) is 0 Å². The molecule has 7 nitrogen and oxygen atoms in total. The average Bonchev–Trinajstić information content (AvgIpc) is 3.43. The number of aromatic nitrogens is 2. The number of carboxylic acid groups (broad SMARTS) is 1. The number of fused-ring (bicyclic) bond motifs is 2. The third-order valence-electron chi connectivity index (χ3n) is 6.90. The van der Waals surface area contributed by atoms with Gasteiger partial charge in [-0.1, -0.05) is 60.7 Å². The quantitative estimate of drug-likeness (QED) is 0.235. The first-order chi connectivity index (χ1) is 19.9. The molecule has 8 heteroatoms. The Morgan fingerprint density at radius 1 is 0.756 bits per heavy atom. The summed E-state index contributed by atoms with van der Waals surface area (Å²) >= 11 is 0. The standard InChI is InChI=1S/C33H22FN3O4/c34-27-7-3-6-24(15-27)26-16-28(32(39)36-18-20-8-10-22(11-9-20)33(40)41)37-29(19-35-30(37)17-26)31(38)25-13-12-21-4-1-2-5-23(21)14-25/h1-17,19H,18H2,(H,36,39)(H,40,41). The van der Waals surface area contributed by atoms with E-state index in [0.29, 0.717) is 27.9 Å². The van der Waals surface area contributed by atoms with Crippen LogP contribution >= 0.6 is 0 Å². The Balaban J connectivity index is 1.41. The number of amides is 1. The summed E-state index contributed by atoms with van der Waals surface area (Å²) in [5.41, 5.74) is 3.09. The van der Waals surface area contributed by atoms with Crippen LogP contribution in [-0.2, 0) is 6.54 Å². The molecular weight excluding hydrogens is 521 g/mol. The first-order valence-corrected chi connectivity index (χ1v) is 12.8. The highest BCUT2D eigenvalue weighted by Gasteiger charge is 2.21. The number of aromatic carboxylic acids is 1. The molecule has 0 saturated heterocycles. The number of halogens is 1. The number of nitrogens with zero attached hydrogens (tertiary/aromatic N) is 2. The van der Waals surface area contributed by atoms with Crippen molar-refractivity contribution < 1.29 is 23.9 Å². The minimum Gasteiger partial charge on any atom is -0.478 e. The summed E-state index contributed by atoms with van der Waals surface area (Å²) in [6, 6.07) is 28.6. The molecule has 0 fully saturated rings. The lowest BCUT2D eigenvalue weighted by Crippen LogP contribution is -2.26. The first-order valence-electron chi connectivity index (χ1n) is 12.8. The predicted octanol–water partition coefficient (Wildman–Crippen LogP) is 6.15. The van der Waals surface area contributed by atoms with Crippen molar-refractivity contribution >= 4 is 34.1 Å². The number of carbonyl (C=O) groups is 3. The van der Waals surface area contributed by atoms with E-state index in [-0.39, 0.29) is 29.3 Å². The summed E-state index contributed by atoms with van der Waals surface area (Å²) in [6.07, 6.45) is 1.43. The maximum Gasteiger partial charge on any atom is 0.335 e. The third kappa shape index (κ3) is 5.06. The van der Waals surface area contributed by atoms with Gasteiger partial charge in [0.15, 0.2) is 0 Å². The number of carboxylic acids is 1. The van der Waals surface area contributed by atoms with Crippen LogP contribution in [-0.4, -0.2) is 32.2 Å². The lowest BCUT2D eigenvalue weighted by atomic mass is 10.0. The molecule has 0 aliphatic heterocycles. The number of hydrogen-bond acceptors (Lipinski definition) is 4. The van der Waals surface area contributed by atoms with E-state index in [0.717, 1.165) is 10.8 Å². The van der Waals surface area contributed by atoms with Crippen LogP contribution < -0.4 is 5.32 Å². The maximum atomic E-state index is 14.0. The number of rotatable bonds is 7. The highest BCUT2D eigenvalue weighted by molar-refractivity contribution is 6.10. The second-order valence-electron chi connectivity index (χ2n) is 9.55. The number of nitrogens with one attached hydrogen (secondary N) is 1. The van der Waals surface area contributed by atoms with Crippen LogP contribution in [0.5, 0.6) is 0 Å². The molecule has 2 aromatic heterocycles. The summed E-state index contributed by atoms with van der Waals surface area (Å²) in [4.78, 5) is 42.9. The molecule has 0 radical (unpaired) electrons. The van der Waals surface area contributed by atoms with Crippen LogP contribution in [0.1, 0.15) is 42.5 Å². The molecule has 200 valence electrons. The molecular formula is C33H22FN3O4. The molecule has 0 bridgehead atoms. The van der Waals surface area contributed by atoms with Gasteiger partial charge in [-0.3, -0.25) is 14.0 Å². The van der Waals surface area contributed by atoms with E-state index in [9.17, 15) is 18.8 Å². The Bertz CT molecular complexity index is 1980. The van der Waals surface area contributed by atoms with Crippen molar-refractivity contribution in [1.29, 1.82) is 0 Å². The lowest BCUT2D eigenvalue weighted by Gasteiger charge is -2.13. The van der Waals surface area contributed by atoms with Crippen LogP contribution in [0.25, 0.3) is 27.5 Å². The van der Waals surface area contributed by atoms with Gasteiger partial charge in [0.2, 0.25) is 5.78 Å². The molecule has 2 heterocycles. The number of carbonyl (C=O) groups excluding carboxylic acids is 2. The van der Waals surface area contributed by atoms with Gasteiger partial charge in [-0.2, -0.15) is 0 Å². The smallest absolute Gasteiger partial charge is 0.335 e. The van der Waals surface area contributed by atoms with Gasteiger partial charge in [-0.05, 0) is 69.9 Å². The van der Waals surface area contributed by atoms with Crippen molar-refractivity contribution in [3.8, 4) is 11.1 Å². The van der Waals surface area contributed by atoms with E-state index in [1.807, 2.05) is 30.3 Å². The lowest BCUT2D eigenvalue weighted by molar-refractivity contribution is 0.0696. The largest absolute Gasteiger partial charge is 0.478 e. The predicted molar refractivity (Wildman–Crippen MR) is 153 cm³/mol. The summed E-state index contributed by atoms with van der Waals surface area (Å²) in [7, 11) is 0. The summed E-state index contributed by atoms with van der Waals surface area (Å²) in [5.74, 6) is -2.25. The van der Waals surface area contributed by atoms with Gasteiger partial charge < -0.3 is 10.4 Å². The Kier molecular flexibility index (Phi) is 6.57. The third-order valence-corrected chi connectivity index (χ3v) is 6.90. The number of hydrogen-bond donors (Lipinski definition) is 2. The maximum absolute atomic E-state index is 14.0. The second-order valence-corrected chi connectivity index (χ2v) is 9.55. The summed E-state index contributed by atoms with van der Waals surface area (Å²) < 4.78 is 15.5. The van der Waals surface area contributed by atoms with Crippen molar-refractivity contribution in [2.75, 3.05) is 0 Å². The number of pyridine rings is 1. The zero-order valence-corrected chi connectivity index (χ0v) is 21.5. The fourth-order valence-electron chi connectivity index (χ4n) is 4.79. The van der Waals surface area contributed by atoms with Crippen LogP contribution in [0.2, 0.25) is 0 Å². The molecule has 4 aromatic carbocycles. The minimum absolute atomic E-state index is 0.118. The van der Waals surface area contributed by atoms with Crippen molar-refractivity contribution in [3.05, 3.63) is 143 Å². The Labute approximate surface area is 233 Å². The molecule has 6 rings (SSSR count). The van der Waals surface area contributed by atoms with Crippen LogP contribution in [0.4, 0.5) is 4.39 Å². The van der Waals surface area contributed by atoms with E-state index in [2.05, 4.69) is 10.3 Å². The highest BCUT2D eigenvalue weighted by Crippen LogP contribution is 2.26. The topological polar surface area (TPSA) is 101 Å². The van der Waals surface area contributed by atoms with Crippen molar-refractivity contribution in [3.63, 3.8) is 0 Å². The van der Waals surface area contributed by atoms with Gasteiger partial charge in [-0.25, -0.2) is 14.2 Å². The van der Waals surface area contributed by atoms with Gasteiger partial charge in [0, 0.05) is 12.1 Å². The Morgan fingerprint density at radius 3 is 2.27 bits per heavy atom. The SMILES string of the molecule is O=C(O)c1ccc(CNC(=O)c2cc(-c3cccc(F)c3)cc3ncc(C(=O)c4ccc5ccccc5c4)n23)cc1. The van der Waals surface area contributed by atoms with Gasteiger partial charge >= 0.3 is 5.97 Å². The molecule has 0 spiro atoms. The molecule has 0 aliphatic rings. The average molecular weight is 544 g/mol. The van der Waals surface area contributed by atoms with E-state index >= 15 is 0 Å². The van der Waals surface area contributed by atoms with Gasteiger partial charge in [0.25, 0.3) is 5.91 Å². The van der Waals surface area contributed by atoms with E-state index < -0.39 is 17.7 Å². The highest BCUT2D eigenvalue weighted by atomic mass is 19.1. The minimum atomic E-state index is -1.04. The first kappa shape index (κ1) is 25.6. The monoisotopic (exact) mass is 543 g/mol. The van der Waals surface area contributed by atoms with Crippen molar-refractivity contribution in [1.82, 2.24) is 14.7 Å². The van der Waals surface area contributed by atoms with Crippen molar-refractivity contribution in [2.24, 2.45) is 0 Å². The number of ketones is 1. The molecule has 0 unspecified atom stereocenters. The fraction of sp³-hybridized carbons (Fsp3) is 0.0303. The summed E-state index contributed by atoms with van der Waals surface area (Å²) in [6.45, 7) is 0.118. The molecule has 0 aliphatic carbocycles. The van der Waals surface area contributed by atoms with Gasteiger partial charge in [-0.15, -0.1) is 0 Å². The Hall–Kier alpha value is -5.63. The van der Waals surface area contributed by atoms with Gasteiger partial charge in [0.05, 0.1) is 11.8 Å². The van der Waals surface area contributed by atoms with Crippen LogP contribution in [0, 0.1) is 5.82 Å². The zero-order valence-electron chi connectivity index (χ0n) is 21.5. The fourth-order valence-corrected chi connectivity index (χ4v) is 4.79. The second kappa shape index (κ2) is 10.5. The zero-order chi connectivity index (χ0) is 28.5. The van der Waals surface area contributed by atoms with Gasteiger partial charge in [0.1, 0.15) is 22.9 Å². The molecule has 1 amide bonds. The van der Waals surface area contributed by atoms with Crippen LogP contribution in [0.15, 0.2) is 109 Å².